The zero-order valence-corrected chi connectivity index (χ0v) is 18.6. The van der Waals surface area contributed by atoms with E-state index in [0.29, 0.717) is 18.2 Å². The van der Waals surface area contributed by atoms with Crippen LogP contribution in [0.25, 0.3) is 10.9 Å². The van der Waals surface area contributed by atoms with Crippen molar-refractivity contribution in [2.45, 2.75) is 39.2 Å². The van der Waals surface area contributed by atoms with Gasteiger partial charge in [-0.15, -0.1) is 0 Å². The van der Waals surface area contributed by atoms with Crippen LogP contribution in [0.3, 0.4) is 0 Å². The number of anilines is 1. The van der Waals surface area contributed by atoms with Crippen LogP contribution in [-0.2, 0) is 4.74 Å². The number of ether oxygens (including phenoxy) is 1. The van der Waals surface area contributed by atoms with Crippen LogP contribution in [0, 0.1) is 6.92 Å². The van der Waals surface area contributed by atoms with Crippen LogP contribution in [0.1, 0.15) is 42.1 Å². The number of likely N-dealkylation sites (N-methyl/N-ethyl adjacent to an activating group) is 1. The second-order valence-corrected chi connectivity index (χ2v) is 8.59. The molecule has 0 amide bonds. The predicted octanol–water partition coefficient (Wildman–Crippen LogP) is 3.33. The summed E-state index contributed by atoms with van der Waals surface area (Å²) in [6, 6.07) is 8.72. The Kier molecular flexibility index (Phi) is 6.54. The standard InChI is InChI=1S/C24H34N4O2/c1-4-30-24(29)22-18(2)20-10-5-6-11-21(20)25-23(22)28-15-13-27(14-16-28)17-19-9-7-8-12-26(19)3/h5-6,10-11,19H,4,7-9,12-17H2,1-3H3. The topological polar surface area (TPSA) is 48.9 Å². The molecule has 1 atom stereocenters. The van der Waals surface area contributed by atoms with Crippen molar-refractivity contribution in [2.75, 3.05) is 57.8 Å². The lowest BCUT2D eigenvalue weighted by molar-refractivity contribution is 0.0526. The number of esters is 1. The monoisotopic (exact) mass is 410 g/mol. The molecule has 2 aliphatic heterocycles. The SMILES string of the molecule is CCOC(=O)c1c(N2CCN(CC3CCCCN3C)CC2)nc2ccccc2c1C. The molecule has 162 valence electrons. The fraction of sp³-hybridized carbons (Fsp3) is 0.583. The molecular formula is C24H34N4O2. The molecule has 2 aliphatic rings. The van der Waals surface area contributed by atoms with E-state index in [4.69, 9.17) is 9.72 Å². The van der Waals surface area contributed by atoms with E-state index in [1.807, 2.05) is 38.1 Å². The van der Waals surface area contributed by atoms with E-state index in [0.717, 1.165) is 55.0 Å². The lowest BCUT2D eigenvalue weighted by Crippen LogP contribution is -2.52. The number of rotatable bonds is 5. The minimum Gasteiger partial charge on any atom is -0.462 e. The Labute approximate surface area is 179 Å². The number of pyridine rings is 1. The fourth-order valence-electron chi connectivity index (χ4n) is 4.85. The highest BCUT2D eigenvalue weighted by Gasteiger charge is 2.28. The van der Waals surface area contributed by atoms with Crippen molar-refractivity contribution < 1.29 is 9.53 Å². The van der Waals surface area contributed by atoms with Gasteiger partial charge in [0.1, 0.15) is 11.4 Å². The Morgan fingerprint density at radius 1 is 1.13 bits per heavy atom. The third-order valence-corrected chi connectivity index (χ3v) is 6.67. The van der Waals surface area contributed by atoms with Crippen molar-refractivity contribution in [3.63, 3.8) is 0 Å². The maximum Gasteiger partial charge on any atom is 0.342 e. The molecule has 2 saturated heterocycles. The molecule has 1 unspecified atom stereocenters. The third kappa shape index (κ3) is 4.30. The third-order valence-electron chi connectivity index (χ3n) is 6.67. The van der Waals surface area contributed by atoms with Crippen LogP contribution in [0.4, 0.5) is 5.82 Å². The van der Waals surface area contributed by atoms with Gasteiger partial charge in [-0.1, -0.05) is 24.6 Å². The quantitative estimate of drug-likeness (QED) is 0.705. The van der Waals surface area contributed by atoms with Crippen LogP contribution in [0.5, 0.6) is 0 Å². The number of hydrogen-bond donors (Lipinski definition) is 0. The number of likely N-dealkylation sites (tertiary alicyclic amines) is 1. The lowest BCUT2D eigenvalue weighted by Gasteiger charge is -2.40. The molecule has 30 heavy (non-hydrogen) atoms. The highest BCUT2D eigenvalue weighted by molar-refractivity contribution is 6.02. The van der Waals surface area contributed by atoms with Crippen molar-refractivity contribution in [1.29, 1.82) is 0 Å². The van der Waals surface area contributed by atoms with Crippen molar-refractivity contribution >= 4 is 22.7 Å². The molecule has 3 heterocycles. The zero-order chi connectivity index (χ0) is 21.1. The Balaban J connectivity index is 1.54. The average molecular weight is 411 g/mol. The van der Waals surface area contributed by atoms with Crippen LogP contribution in [0.15, 0.2) is 24.3 Å². The maximum atomic E-state index is 12.8. The number of aryl methyl sites for hydroxylation is 1. The number of fused-ring (bicyclic) bond motifs is 1. The number of aromatic nitrogens is 1. The Morgan fingerprint density at radius 2 is 1.90 bits per heavy atom. The molecule has 6 nitrogen and oxygen atoms in total. The molecule has 4 rings (SSSR count). The van der Waals surface area contributed by atoms with Gasteiger partial charge in [-0.25, -0.2) is 9.78 Å². The van der Waals surface area contributed by atoms with E-state index in [2.05, 4.69) is 21.7 Å². The molecule has 0 radical (unpaired) electrons. The molecule has 1 aromatic heterocycles. The van der Waals surface area contributed by atoms with Crippen LogP contribution in [-0.4, -0.2) is 79.7 Å². The molecule has 0 saturated carbocycles. The summed E-state index contributed by atoms with van der Waals surface area (Å²) >= 11 is 0. The number of nitrogens with zero attached hydrogens (tertiary/aromatic N) is 4. The summed E-state index contributed by atoms with van der Waals surface area (Å²) in [5.41, 5.74) is 2.51. The van der Waals surface area contributed by atoms with Gasteiger partial charge in [-0.3, -0.25) is 4.90 Å². The largest absolute Gasteiger partial charge is 0.462 e. The normalized spacial score (nSPS) is 21.2. The molecule has 0 bridgehead atoms. The van der Waals surface area contributed by atoms with E-state index < -0.39 is 0 Å². The number of piperazine rings is 1. The summed E-state index contributed by atoms with van der Waals surface area (Å²) < 4.78 is 5.40. The first-order valence-corrected chi connectivity index (χ1v) is 11.3. The highest BCUT2D eigenvalue weighted by atomic mass is 16.5. The first-order valence-electron chi connectivity index (χ1n) is 11.3. The number of carbonyl (C=O) groups excluding carboxylic acids is 1. The van der Waals surface area contributed by atoms with Gasteiger partial charge in [0.2, 0.25) is 0 Å². The zero-order valence-electron chi connectivity index (χ0n) is 18.6. The van der Waals surface area contributed by atoms with E-state index in [9.17, 15) is 4.79 Å². The minimum absolute atomic E-state index is 0.269. The average Bonchev–Trinajstić information content (AvgIpc) is 2.76. The Hall–Kier alpha value is -2.18. The molecule has 1 aromatic carbocycles. The van der Waals surface area contributed by atoms with Gasteiger partial charge in [-0.05, 0) is 51.9 Å². The fourth-order valence-corrected chi connectivity index (χ4v) is 4.85. The number of hydrogen-bond acceptors (Lipinski definition) is 6. The van der Waals surface area contributed by atoms with E-state index in [-0.39, 0.29) is 5.97 Å². The number of carbonyl (C=O) groups is 1. The summed E-state index contributed by atoms with van der Waals surface area (Å²) in [7, 11) is 2.26. The first kappa shape index (κ1) is 21.1. The van der Waals surface area contributed by atoms with Gasteiger partial charge in [0.25, 0.3) is 0 Å². The second-order valence-electron chi connectivity index (χ2n) is 8.59. The smallest absolute Gasteiger partial charge is 0.342 e. The number of benzene rings is 1. The number of para-hydroxylation sites is 1. The van der Waals surface area contributed by atoms with Crippen LogP contribution >= 0.6 is 0 Å². The van der Waals surface area contributed by atoms with Gasteiger partial charge in [0.05, 0.1) is 12.1 Å². The minimum atomic E-state index is -0.269. The molecule has 6 heteroatoms. The summed E-state index contributed by atoms with van der Waals surface area (Å²) in [6.07, 6.45) is 3.97. The Bertz CT molecular complexity index is 892. The Morgan fingerprint density at radius 3 is 2.63 bits per heavy atom. The van der Waals surface area contributed by atoms with Gasteiger partial charge in [0.15, 0.2) is 0 Å². The van der Waals surface area contributed by atoms with Gasteiger partial charge >= 0.3 is 5.97 Å². The molecule has 0 aliphatic carbocycles. The molecule has 2 fully saturated rings. The lowest BCUT2D eigenvalue weighted by atomic mass is 10.0. The predicted molar refractivity (Wildman–Crippen MR) is 121 cm³/mol. The highest BCUT2D eigenvalue weighted by Crippen LogP contribution is 2.30. The summed E-state index contributed by atoms with van der Waals surface area (Å²) in [6.45, 7) is 10.3. The van der Waals surface area contributed by atoms with E-state index >= 15 is 0 Å². The molecule has 2 aromatic rings. The van der Waals surface area contributed by atoms with Crippen LogP contribution < -0.4 is 4.90 Å². The van der Waals surface area contributed by atoms with Crippen LogP contribution in [0.2, 0.25) is 0 Å². The molecule has 0 N–H and O–H groups in total. The van der Waals surface area contributed by atoms with Crippen molar-refractivity contribution in [3.8, 4) is 0 Å². The molecule has 0 spiro atoms. The summed E-state index contributed by atoms with van der Waals surface area (Å²) in [5, 5.41) is 1.02. The summed E-state index contributed by atoms with van der Waals surface area (Å²) in [5.74, 6) is 0.508. The maximum absolute atomic E-state index is 12.8. The van der Waals surface area contributed by atoms with Gasteiger partial charge in [0, 0.05) is 44.2 Å². The van der Waals surface area contributed by atoms with Crippen molar-refractivity contribution in [1.82, 2.24) is 14.8 Å². The second kappa shape index (κ2) is 9.31. The van der Waals surface area contributed by atoms with Crippen molar-refractivity contribution in [2.24, 2.45) is 0 Å². The number of piperidine rings is 1. The van der Waals surface area contributed by atoms with E-state index in [1.165, 1.54) is 25.8 Å². The van der Waals surface area contributed by atoms with E-state index in [1.54, 1.807) is 0 Å². The van der Waals surface area contributed by atoms with Crippen molar-refractivity contribution in [3.05, 3.63) is 35.4 Å². The summed E-state index contributed by atoms with van der Waals surface area (Å²) in [4.78, 5) is 25.1. The molecular weight excluding hydrogens is 376 g/mol. The van der Waals surface area contributed by atoms with Gasteiger partial charge < -0.3 is 14.5 Å². The van der Waals surface area contributed by atoms with Gasteiger partial charge in [-0.2, -0.15) is 0 Å². The first-order chi connectivity index (χ1) is 14.6.